The number of aromatic nitrogens is 1. The summed E-state index contributed by atoms with van der Waals surface area (Å²) in [5.41, 5.74) is 1.64. The zero-order valence-electron chi connectivity index (χ0n) is 19.6. The number of methoxy groups -OCH3 is 1. The van der Waals surface area contributed by atoms with E-state index in [1.807, 2.05) is 17.0 Å². The van der Waals surface area contributed by atoms with Crippen LogP contribution < -0.4 is 4.74 Å². The first-order valence-corrected chi connectivity index (χ1v) is 13.1. The molecular weight excluding hydrogens is 440 g/mol. The summed E-state index contributed by atoms with van der Waals surface area (Å²) in [5, 5.41) is 0. The van der Waals surface area contributed by atoms with Gasteiger partial charge in [-0.05, 0) is 43.0 Å². The fourth-order valence-electron chi connectivity index (χ4n) is 4.63. The number of hydrogen-bond acceptors (Lipinski definition) is 5. The molecule has 180 valence electrons. The minimum absolute atomic E-state index is 0.108. The highest BCUT2D eigenvalue weighted by molar-refractivity contribution is 7.89. The molecule has 2 aliphatic rings. The smallest absolute Gasteiger partial charge is 0.270 e. The Balaban J connectivity index is 1.41. The number of nitrogens with zero attached hydrogens (tertiary/aromatic N) is 4. The van der Waals surface area contributed by atoms with Gasteiger partial charge in [-0.25, -0.2) is 8.42 Å². The minimum Gasteiger partial charge on any atom is -0.497 e. The molecule has 0 aliphatic carbocycles. The summed E-state index contributed by atoms with van der Waals surface area (Å²) in [6, 6.07) is 9.62. The van der Waals surface area contributed by atoms with E-state index in [9.17, 15) is 13.2 Å². The molecule has 2 fully saturated rings. The zero-order chi connectivity index (χ0) is 23.4. The lowest BCUT2D eigenvalue weighted by atomic mass is 10.2. The van der Waals surface area contributed by atoms with E-state index in [1.54, 1.807) is 35.3 Å². The Hall–Kier alpha value is -2.36. The molecule has 1 aromatic heterocycles. The second kappa shape index (κ2) is 10.3. The number of carbonyl (C=O) groups is 1. The Morgan fingerprint density at radius 2 is 1.67 bits per heavy atom. The van der Waals surface area contributed by atoms with Crippen molar-refractivity contribution in [3.05, 3.63) is 47.8 Å². The van der Waals surface area contributed by atoms with Gasteiger partial charge in [-0.2, -0.15) is 4.31 Å². The number of aryl methyl sites for hydroxylation is 1. The molecule has 1 aromatic carbocycles. The summed E-state index contributed by atoms with van der Waals surface area (Å²) in [5.74, 6) is 0.736. The third kappa shape index (κ3) is 5.42. The van der Waals surface area contributed by atoms with E-state index in [2.05, 4.69) is 17.0 Å². The first-order valence-electron chi connectivity index (χ1n) is 11.7. The average Bonchev–Trinajstić information content (AvgIpc) is 3.08. The van der Waals surface area contributed by atoms with E-state index < -0.39 is 10.0 Å². The van der Waals surface area contributed by atoms with Crippen LogP contribution in [0.1, 0.15) is 41.7 Å². The van der Waals surface area contributed by atoms with Crippen LogP contribution in [0.5, 0.6) is 5.75 Å². The van der Waals surface area contributed by atoms with Gasteiger partial charge in [-0.3, -0.25) is 9.69 Å². The second-order valence-corrected chi connectivity index (χ2v) is 10.8. The Kier molecular flexibility index (Phi) is 7.41. The van der Waals surface area contributed by atoms with Gasteiger partial charge in [0, 0.05) is 59.1 Å². The maximum atomic E-state index is 13.3. The predicted octanol–water partition coefficient (Wildman–Crippen LogP) is 2.56. The highest BCUT2D eigenvalue weighted by Crippen LogP contribution is 2.23. The number of carbonyl (C=O) groups excluding carboxylic acids is 1. The monoisotopic (exact) mass is 474 g/mol. The molecule has 0 unspecified atom stereocenters. The zero-order valence-corrected chi connectivity index (χ0v) is 20.4. The highest BCUT2D eigenvalue weighted by Gasteiger charge is 2.30. The summed E-state index contributed by atoms with van der Waals surface area (Å²) in [6.45, 7) is 4.91. The summed E-state index contributed by atoms with van der Waals surface area (Å²) in [7, 11) is -0.152. The first kappa shape index (κ1) is 23.8. The number of rotatable bonds is 6. The number of benzene rings is 1. The minimum atomic E-state index is -3.56. The topological polar surface area (TPSA) is 75.1 Å². The quantitative estimate of drug-likeness (QED) is 0.643. The van der Waals surface area contributed by atoms with E-state index in [4.69, 9.17) is 4.74 Å². The molecule has 2 aliphatic heterocycles. The third-order valence-electron chi connectivity index (χ3n) is 6.59. The third-order valence-corrected chi connectivity index (χ3v) is 8.46. The van der Waals surface area contributed by atoms with Gasteiger partial charge >= 0.3 is 0 Å². The molecule has 3 heterocycles. The van der Waals surface area contributed by atoms with Crippen LogP contribution in [0.3, 0.4) is 0 Å². The normalized spacial score (nSPS) is 18.8. The van der Waals surface area contributed by atoms with Gasteiger partial charge in [-0.15, -0.1) is 0 Å². The molecule has 4 rings (SSSR count). The molecule has 1 amide bonds. The van der Waals surface area contributed by atoms with E-state index in [-0.39, 0.29) is 10.8 Å². The Morgan fingerprint density at radius 3 is 2.36 bits per heavy atom. The molecule has 0 saturated carbocycles. The summed E-state index contributed by atoms with van der Waals surface area (Å²) in [6.07, 6.45) is 5.29. The SMILES string of the molecule is COc1ccc(CN2CCCN(C(=O)c3cc(S(=O)(=O)N4CCCCC4)cn3C)CC2)cc1. The number of hydrogen-bond donors (Lipinski definition) is 0. The van der Waals surface area contributed by atoms with E-state index in [1.165, 1.54) is 5.56 Å². The second-order valence-electron chi connectivity index (χ2n) is 8.91. The van der Waals surface area contributed by atoms with E-state index >= 15 is 0 Å². The summed E-state index contributed by atoms with van der Waals surface area (Å²) < 4.78 is 34.5. The van der Waals surface area contributed by atoms with Crippen molar-refractivity contribution < 1.29 is 17.9 Å². The Bertz CT molecular complexity index is 1060. The number of ether oxygens (including phenoxy) is 1. The molecular formula is C24H34N4O4S. The summed E-state index contributed by atoms with van der Waals surface area (Å²) in [4.78, 5) is 17.7. The maximum absolute atomic E-state index is 13.3. The first-order chi connectivity index (χ1) is 15.9. The van der Waals surface area contributed by atoms with Crippen molar-refractivity contribution in [1.29, 1.82) is 0 Å². The Morgan fingerprint density at radius 1 is 0.939 bits per heavy atom. The van der Waals surface area contributed by atoms with Gasteiger partial charge in [0.05, 0.1) is 7.11 Å². The molecule has 0 radical (unpaired) electrons. The van der Waals surface area contributed by atoms with Crippen molar-refractivity contribution >= 4 is 15.9 Å². The van der Waals surface area contributed by atoms with Crippen molar-refractivity contribution in [2.75, 3.05) is 46.4 Å². The predicted molar refractivity (Wildman–Crippen MR) is 127 cm³/mol. The molecule has 0 N–H and O–H groups in total. The molecule has 9 heteroatoms. The van der Waals surface area contributed by atoms with Gasteiger partial charge in [0.25, 0.3) is 5.91 Å². The fourth-order valence-corrected chi connectivity index (χ4v) is 6.21. The number of amides is 1. The van der Waals surface area contributed by atoms with Crippen LogP contribution in [-0.2, 0) is 23.6 Å². The fraction of sp³-hybridized carbons (Fsp3) is 0.542. The van der Waals surface area contributed by atoms with Crippen molar-refractivity contribution in [3.63, 3.8) is 0 Å². The highest BCUT2D eigenvalue weighted by atomic mass is 32.2. The molecule has 0 atom stereocenters. The molecule has 2 saturated heterocycles. The van der Waals surface area contributed by atoms with Crippen LogP contribution in [0.15, 0.2) is 41.4 Å². The molecule has 33 heavy (non-hydrogen) atoms. The van der Waals surface area contributed by atoms with Crippen LogP contribution in [0.2, 0.25) is 0 Å². The number of sulfonamides is 1. The van der Waals surface area contributed by atoms with Crippen LogP contribution in [0.4, 0.5) is 0 Å². The average molecular weight is 475 g/mol. The van der Waals surface area contributed by atoms with Crippen molar-refractivity contribution in [3.8, 4) is 5.75 Å². The van der Waals surface area contributed by atoms with Gasteiger partial charge < -0.3 is 14.2 Å². The molecule has 0 bridgehead atoms. The maximum Gasteiger partial charge on any atom is 0.270 e. The lowest BCUT2D eigenvalue weighted by Gasteiger charge is -2.25. The lowest BCUT2D eigenvalue weighted by Crippen LogP contribution is -2.36. The Labute approximate surface area is 196 Å². The van der Waals surface area contributed by atoms with Gasteiger partial charge in [0.2, 0.25) is 10.0 Å². The van der Waals surface area contributed by atoms with Gasteiger partial charge in [-0.1, -0.05) is 18.6 Å². The van der Waals surface area contributed by atoms with Crippen LogP contribution in [0, 0.1) is 0 Å². The van der Waals surface area contributed by atoms with Gasteiger partial charge in [0.1, 0.15) is 16.3 Å². The summed E-state index contributed by atoms with van der Waals surface area (Å²) >= 11 is 0. The van der Waals surface area contributed by atoms with E-state index in [0.29, 0.717) is 31.9 Å². The largest absolute Gasteiger partial charge is 0.497 e. The van der Waals surface area contributed by atoms with Crippen molar-refractivity contribution in [2.45, 2.75) is 37.1 Å². The van der Waals surface area contributed by atoms with Crippen LogP contribution in [0.25, 0.3) is 0 Å². The standard InChI is InChI=1S/C24H34N4O4S/c1-25-19-22(33(30,31)28-13-4-3-5-14-28)17-23(25)24(29)27-12-6-11-26(15-16-27)18-20-7-9-21(32-2)10-8-20/h7-10,17,19H,3-6,11-16,18H2,1-2H3. The molecule has 8 nitrogen and oxygen atoms in total. The van der Waals surface area contributed by atoms with Crippen molar-refractivity contribution in [1.82, 2.24) is 18.7 Å². The molecule has 0 spiro atoms. The molecule has 2 aromatic rings. The van der Waals surface area contributed by atoms with Gasteiger partial charge in [0.15, 0.2) is 0 Å². The van der Waals surface area contributed by atoms with E-state index in [0.717, 1.165) is 51.1 Å². The van der Waals surface area contributed by atoms with Crippen LogP contribution >= 0.6 is 0 Å². The lowest BCUT2D eigenvalue weighted by molar-refractivity contribution is 0.0751. The van der Waals surface area contributed by atoms with Crippen LogP contribution in [-0.4, -0.2) is 79.4 Å². The van der Waals surface area contributed by atoms with Crippen molar-refractivity contribution in [2.24, 2.45) is 7.05 Å². The number of piperidine rings is 1.